The summed E-state index contributed by atoms with van der Waals surface area (Å²) in [5.74, 6) is -0.416. The average molecular weight is 250 g/mol. The zero-order valence-electron chi connectivity index (χ0n) is 10.2. The van der Waals surface area contributed by atoms with E-state index in [-0.39, 0.29) is 12.6 Å². The molecule has 1 aromatic rings. The number of primary amides is 1. The standard InChI is InChI=1S/C13H18N2O3/c14-13(17)11-3-1-10(2-4-11)7-15-5-6-18-9-12(15)8-16/h1-4,12,16H,5-9H2,(H2,14,17). The van der Waals surface area contributed by atoms with E-state index in [0.29, 0.717) is 18.8 Å². The van der Waals surface area contributed by atoms with Gasteiger partial charge in [-0.15, -0.1) is 0 Å². The molecule has 0 aromatic heterocycles. The predicted octanol–water partition coefficient (Wildman–Crippen LogP) is -0.0214. The molecule has 1 aliphatic heterocycles. The Bertz CT molecular complexity index is 405. The third-order valence-electron chi connectivity index (χ3n) is 3.18. The van der Waals surface area contributed by atoms with Gasteiger partial charge in [-0.1, -0.05) is 12.1 Å². The number of carbonyl (C=O) groups excluding carboxylic acids is 1. The van der Waals surface area contributed by atoms with Crippen LogP contribution in [0, 0.1) is 0 Å². The summed E-state index contributed by atoms with van der Waals surface area (Å²) in [7, 11) is 0. The van der Waals surface area contributed by atoms with Crippen LogP contribution in [0.4, 0.5) is 0 Å². The minimum absolute atomic E-state index is 0.0505. The second-order valence-electron chi connectivity index (χ2n) is 4.44. The molecule has 1 aliphatic rings. The van der Waals surface area contributed by atoms with Crippen molar-refractivity contribution in [1.82, 2.24) is 4.90 Å². The van der Waals surface area contributed by atoms with E-state index >= 15 is 0 Å². The van der Waals surface area contributed by atoms with Gasteiger partial charge in [-0.2, -0.15) is 0 Å². The number of rotatable bonds is 4. The second kappa shape index (κ2) is 5.95. The van der Waals surface area contributed by atoms with Gasteiger partial charge in [-0.3, -0.25) is 9.69 Å². The molecule has 2 rings (SSSR count). The fraction of sp³-hybridized carbons (Fsp3) is 0.462. The summed E-state index contributed by atoms with van der Waals surface area (Å²) in [5.41, 5.74) is 6.80. The largest absolute Gasteiger partial charge is 0.395 e. The first kappa shape index (κ1) is 13.0. The number of hydrogen-bond donors (Lipinski definition) is 2. The molecule has 1 saturated heterocycles. The minimum atomic E-state index is -0.416. The highest BCUT2D eigenvalue weighted by atomic mass is 16.5. The lowest BCUT2D eigenvalue weighted by atomic mass is 10.1. The first-order valence-corrected chi connectivity index (χ1v) is 6.02. The number of carbonyl (C=O) groups is 1. The summed E-state index contributed by atoms with van der Waals surface area (Å²) in [6.45, 7) is 2.90. The first-order valence-electron chi connectivity index (χ1n) is 6.02. The topological polar surface area (TPSA) is 75.8 Å². The van der Waals surface area contributed by atoms with Gasteiger partial charge in [0.15, 0.2) is 0 Å². The summed E-state index contributed by atoms with van der Waals surface area (Å²) < 4.78 is 5.33. The number of ether oxygens (including phenoxy) is 1. The Kier molecular flexibility index (Phi) is 4.30. The van der Waals surface area contributed by atoms with Gasteiger partial charge in [0.25, 0.3) is 0 Å². The van der Waals surface area contributed by atoms with E-state index in [2.05, 4.69) is 4.90 Å². The van der Waals surface area contributed by atoms with Gasteiger partial charge < -0.3 is 15.6 Å². The molecule has 1 heterocycles. The molecule has 18 heavy (non-hydrogen) atoms. The van der Waals surface area contributed by atoms with E-state index in [1.165, 1.54) is 0 Å². The van der Waals surface area contributed by atoms with E-state index in [9.17, 15) is 9.90 Å². The van der Waals surface area contributed by atoms with Crippen molar-refractivity contribution < 1.29 is 14.6 Å². The summed E-state index contributed by atoms with van der Waals surface area (Å²) >= 11 is 0. The Balaban J connectivity index is 2.01. The van der Waals surface area contributed by atoms with Crippen LogP contribution in [0.3, 0.4) is 0 Å². The van der Waals surface area contributed by atoms with Crippen LogP contribution in [0.15, 0.2) is 24.3 Å². The molecule has 0 aliphatic carbocycles. The van der Waals surface area contributed by atoms with Crippen molar-refractivity contribution >= 4 is 5.91 Å². The first-order chi connectivity index (χ1) is 8.70. The molecule has 1 aromatic carbocycles. The van der Waals surface area contributed by atoms with Gasteiger partial charge in [0.05, 0.1) is 25.9 Å². The maximum absolute atomic E-state index is 11.0. The fourth-order valence-corrected chi connectivity index (χ4v) is 2.07. The van der Waals surface area contributed by atoms with Gasteiger partial charge >= 0.3 is 0 Å². The Labute approximate surface area is 106 Å². The highest BCUT2D eigenvalue weighted by Gasteiger charge is 2.22. The molecular formula is C13H18N2O3. The van der Waals surface area contributed by atoms with Crippen LogP contribution in [-0.4, -0.2) is 48.3 Å². The number of amides is 1. The molecule has 0 bridgehead atoms. The lowest BCUT2D eigenvalue weighted by molar-refractivity contribution is -0.0312. The van der Waals surface area contributed by atoms with Gasteiger partial charge in [0.1, 0.15) is 0 Å². The summed E-state index contributed by atoms with van der Waals surface area (Å²) in [5, 5.41) is 9.27. The molecule has 1 amide bonds. The van der Waals surface area contributed by atoms with E-state index in [0.717, 1.165) is 18.7 Å². The number of nitrogens with two attached hydrogens (primary N) is 1. The Morgan fingerprint density at radius 3 is 2.78 bits per heavy atom. The van der Waals surface area contributed by atoms with Gasteiger partial charge in [-0.25, -0.2) is 0 Å². The van der Waals surface area contributed by atoms with Gasteiger partial charge in [0.2, 0.25) is 5.91 Å². The lowest BCUT2D eigenvalue weighted by Gasteiger charge is -2.34. The fourth-order valence-electron chi connectivity index (χ4n) is 2.07. The highest BCUT2D eigenvalue weighted by molar-refractivity contribution is 5.92. The van der Waals surface area contributed by atoms with Gasteiger partial charge in [0, 0.05) is 18.7 Å². The van der Waals surface area contributed by atoms with E-state index in [1.54, 1.807) is 12.1 Å². The van der Waals surface area contributed by atoms with Crippen LogP contribution in [0.1, 0.15) is 15.9 Å². The van der Waals surface area contributed by atoms with Crippen molar-refractivity contribution in [2.75, 3.05) is 26.4 Å². The second-order valence-corrected chi connectivity index (χ2v) is 4.44. The molecule has 3 N–H and O–H groups in total. The number of hydrogen-bond acceptors (Lipinski definition) is 4. The van der Waals surface area contributed by atoms with Crippen LogP contribution >= 0.6 is 0 Å². The summed E-state index contributed by atoms with van der Waals surface area (Å²) in [6, 6.07) is 7.29. The van der Waals surface area contributed by atoms with E-state index in [1.807, 2.05) is 12.1 Å². The predicted molar refractivity (Wildman–Crippen MR) is 67.1 cm³/mol. The van der Waals surface area contributed by atoms with E-state index in [4.69, 9.17) is 10.5 Å². The van der Waals surface area contributed by atoms with Crippen LogP contribution in [0.25, 0.3) is 0 Å². The highest BCUT2D eigenvalue weighted by Crippen LogP contribution is 2.13. The van der Waals surface area contributed by atoms with Crippen molar-refractivity contribution in [1.29, 1.82) is 0 Å². The molecule has 98 valence electrons. The van der Waals surface area contributed by atoms with Crippen molar-refractivity contribution in [2.24, 2.45) is 5.73 Å². The van der Waals surface area contributed by atoms with Crippen LogP contribution in [-0.2, 0) is 11.3 Å². The third kappa shape index (κ3) is 3.07. The van der Waals surface area contributed by atoms with Crippen LogP contribution in [0.2, 0.25) is 0 Å². The number of benzene rings is 1. The third-order valence-corrected chi connectivity index (χ3v) is 3.18. The van der Waals surface area contributed by atoms with E-state index < -0.39 is 5.91 Å². The molecule has 1 unspecified atom stereocenters. The number of nitrogens with zero attached hydrogens (tertiary/aromatic N) is 1. The normalized spacial score (nSPS) is 20.8. The summed E-state index contributed by atoms with van der Waals surface area (Å²) in [4.78, 5) is 13.1. The Morgan fingerprint density at radius 2 is 2.17 bits per heavy atom. The Hall–Kier alpha value is -1.43. The number of aliphatic hydroxyl groups is 1. The quantitative estimate of drug-likeness (QED) is 0.787. The molecule has 1 atom stereocenters. The van der Waals surface area contributed by atoms with Crippen molar-refractivity contribution in [2.45, 2.75) is 12.6 Å². The summed E-state index contributed by atoms with van der Waals surface area (Å²) in [6.07, 6.45) is 0. The monoisotopic (exact) mass is 250 g/mol. The SMILES string of the molecule is NC(=O)c1ccc(CN2CCOCC2CO)cc1. The maximum atomic E-state index is 11.0. The van der Waals surface area contributed by atoms with Crippen molar-refractivity contribution in [3.05, 3.63) is 35.4 Å². The number of morpholine rings is 1. The minimum Gasteiger partial charge on any atom is -0.395 e. The molecule has 0 spiro atoms. The molecule has 5 heteroatoms. The number of aliphatic hydroxyl groups excluding tert-OH is 1. The Morgan fingerprint density at radius 1 is 1.44 bits per heavy atom. The average Bonchev–Trinajstić information content (AvgIpc) is 2.40. The smallest absolute Gasteiger partial charge is 0.248 e. The molecule has 1 fully saturated rings. The molecule has 5 nitrogen and oxygen atoms in total. The molecule has 0 radical (unpaired) electrons. The van der Waals surface area contributed by atoms with Crippen LogP contribution in [0.5, 0.6) is 0 Å². The maximum Gasteiger partial charge on any atom is 0.248 e. The van der Waals surface area contributed by atoms with Crippen LogP contribution < -0.4 is 5.73 Å². The van der Waals surface area contributed by atoms with Gasteiger partial charge in [-0.05, 0) is 17.7 Å². The lowest BCUT2D eigenvalue weighted by Crippen LogP contribution is -2.46. The van der Waals surface area contributed by atoms with Crippen molar-refractivity contribution in [3.63, 3.8) is 0 Å². The zero-order chi connectivity index (χ0) is 13.0. The molecule has 0 saturated carbocycles. The zero-order valence-corrected chi connectivity index (χ0v) is 10.2. The molecular weight excluding hydrogens is 232 g/mol. The van der Waals surface area contributed by atoms with Crippen molar-refractivity contribution in [3.8, 4) is 0 Å².